The first-order valence-electron chi connectivity index (χ1n) is 8.69. The number of aromatic nitrogens is 3. The second kappa shape index (κ2) is 6.86. The minimum absolute atomic E-state index is 0.287. The lowest BCUT2D eigenvalue weighted by Crippen LogP contribution is -2.46. The standard InChI is InChI=1S/C16H28N6O/c1-12-4-3-7-22(10-12)14(23)11-21-8-5-13(6-9-21)15-18-16(17)20(2)19-15/h12-13H,3-11H2,1-2H3,(H2,17,18,19)/t12-/m1/s1. The van der Waals surface area contributed by atoms with Crippen molar-refractivity contribution in [3.63, 3.8) is 0 Å². The number of piperidine rings is 2. The maximum atomic E-state index is 12.5. The lowest BCUT2D eigenvalue weighted by atomic mass is 9.96. The zero-order chi connectivity index (χ0) is 16.4. The fourth-order valence-corrected chi connectivity index (χ4v) is 3.65. The summed E-state index contributed by atoms with van der Waals surface area (Å²) in [5.74, 6) is 2.60. The Kier molecular flexibility index (Phi) is 4.84. The second-order valence-electron chi connectivity index (χ2n) is 7.09. The zero-order valence-corrected chi connectivity index (χ0v) is 14.2. The number of carbonyl (C=O) groups is 1. The van der Waals surface area contributed by atoms with Crippen LogP contribution >= 0.6 is 0 Å². The monoisotopic (exact) mass is 320 g/mol. The average molecular weight is 320 g/mol. The highest BCUT2D eigenvalue weighted by atomic mass is 16.2. The summed E-state index contributed by atoms with van der Waals surface area (Å²) in [5, 5.41) is 4.39. The van der Waals surface area contributed by atoms with Gasteiger partial charge in [0.15, 0.2) is 5.82 Å². The smallest absolute Gasteiger partial charge is 0.236 e. The van der Waals surface area contributed by atoms with Gasteiger partial charge in [0.25, 0.3) is 0 Å². The third-order valence-corrected chi connectivity index (χ3v) is 5.13. The highest BCUT2D eigenvalue weighted by molar-refractivity contribution is 5.78. The van der Waals surface area contributed by atoms with Gasteiger partial charge in [0.05, 0.1) is 6.54 Å². The van der Waals surface area contributed by atoms with Crippen molar-refractivity contribution in [3.05, 3.63) is 5.82 Å². The first-order valence-corrected chi connectivity index (χ1v) is 8.69. The summed E-state index contributed by atoms with van der Waals surface area (Å²) in [5.41, 5.74) is 5.76. The van der Waals surface area contributed by atoms with Gasteiger partial charge in [-0.05, 0) is 44.7 Å². The van der Waals surface area contributed by atoms with Crippen molar-refractivity contribution < 1.29 is 4.79 Å². The van der Waals surface area contributed by atoms with Gasteiger partial charge >= 0.3 is 0 Å². The molecule has 0 spiro atoms. The number of aryl methyl sites for hydroxylation is 1. The quantitative estimate of drug-likeness (QED) is 0.892. The van der Waals surface area contributed by atoms with Crippen molar-refractivity contribution in [1.29, 1.82) is 0 Å². The molecular weight excluding hydrogens is 292 g/mol. The van der Waals surface area contributed by atoms with Crippen LogP contribution in [0.2, 0.25) is 0 Å². The molecule has 1 aromatic heterocycles. The van der Waals surface area contributed by atoms with Crippen LogP contribution in [0.1, 0.15) is 44.3 Å². The molecule has 2 N–H and O–H groups in total. The van der Waals surface area contributed by atoms with Crippen LogP contribution in [-0.4, -0.2) is 63.2 Å². The normalized spacial score (nSPS) is 24.1. The van der Waals surface area contributed by atoms with E-state index >= 15 is 0 Å². The van der Waals surface area contributed by atoms with Crippen LogP contribution in [0.25, 0.3) is 0 Å². The molecule has 1 amide bonds. The molecule has 0 saturated carbocycles. The molecule has 0 radical (unpaired) electrons. The Morgan fingerprint density at radius 3 is 2.61 bits per heavy atom. The Morgan fingerprint density at radius 1 is 1.26 bits per heavy atom. The number of hydrogen-bond donors (Lipinski definition) is 1. The number of anilines is 1. The van der Waals surface area contributed by atoms with Gasteiger partial charge in [-0.25, -0.2) is 4.68 Å². The molecule has 0 aromatic carbocycles. The molecule has 23 heavy (non-hydrogen) atoms. The van der Waals surface area contributed by atoms with Gasteiger partial charge in [-0.1, -0.05) is 6.92 Å². The van der Waals surface area contributed by atoms with Gasteiger partial charge in [-0.3, -0.25) is 9.69 Å². The molecule has 2 aliphatic heterocycles. The van der Waals surface area contributed by atoms with E-state index in [2.05, 4.69) is 21.9 Å². The van der Waals surface area contributed by atoms with E-state index < -0.39 is 0 Å². The molecule has 1 atom stereocenters. The summed E-state index contributed by atoms with van der Waals surface area (Å²) >= 11 is 0. The van der Waals surface area contributed by atoms with E-state index in [0.717, 1.165) is 51.3 Å². The van der Waals surface area contributed by atoms with Crippen LogP contribution in [0.15, 0.2) is 0 Å². The SMILES string of the molecule is C[C@@H]1CCCN(C(=O)CN2CCC(c3nc(N)n(C)n3)CC2)C1. The van der Waals surface area contributed by atoms with Crippen LogP contribution in [0.5, 0.6) is 0 Å². The van der Waals surface area contributed by atoms with Crippen molar-refractivity contribution in [1.82, 2.24) is 24.6 Å². The van der Waals surface area contributed by atoms with E-state index in [4.69, 9.17) is 5.73 Å². The number of nitrogens with two attached hydrogens (primary N) is 1. The van der Waals surface area contributed by atoms with Gasteiger partial charge in [0, 0.05) is 26.1 Å². The summed E-state index contributed by atoms with van der Waals surface area (Å²) in [6.07, 6.45) is 4.37. The molecule has 2 saturated heterocycles. The van der Waals surface area contributed by atoms with Crippen LogP contribution in [0, 0.1) is 5.92 Å². The van der Waals surface area contributed by atoms with E-state index in [1.807, 2.05) is 11.9 Å². The summed E-state index contributed by atoms with van der Waals surface area (Å²) in [7, 11) is 1.82. The largest absolute Gasteiger partial charge is 0.368 e. The highest BCUT2D eigenvalue weighted by Crippen LogP contribution is 2.26. The Labute approximate surface area is 137 Å². The number of rotatable bonds is 3. The summed E-state index contributed by atoms with van der Waals surface area (Å²) in [6, 6.07) is 0. The second-order valence-corrected chi connectivity index (χ2v) is 7.09. The Balaban J connectivity index is 1.48. The number of nitrogens with zero attached hydrogens (tertiary/aromatic N) is 5. The molecular formula is C16H28N6O. The van der Waals surface area contributed by atoms with E-state index in [-0.39, 0.29) is 5.91 Å². The molecule has 7 heteroatoms. The van der Waals surface area contributed by atoms with Crippen molar-refractivity contribution in [2.75, 3.05) is 38.5 Å². The Hall–Kier alpha value is -1.63. The minimum atomic E-state index is 0.287. The van der Waals surface area contributed by atoms with Crippen LogP contribution in [0.4, 0.5) is 5.95 Å². The fourth-order valence-electron chi connectivity index (χ4n) is 3.65. The lowest BCUT2D eigenvalue weighted by molar-refractivity contribution is -0.134. The molecule has 1 aromatic rings. The molecule has 2 aliphatic rings. The number of amides is 1. The number of carbonyl (C=O) groups excluding carboxylic acids is 1. The molecule has 7 nitrogen and oxygen atoms in total. The lowest BCUT2D eigenvalue weighted by Gasteiger charge is -2.35. The van der Waals surface area contributed by atoms with E-state index in [9.17, 15) is 4.79 Å². The topological polar surface area (TPSA) is 80.3 Å². The van der Waals surface area contributed by atoms with Crippen LogP contribution < -0.4 is 5.73 Å². The molecule has 3 rings (SSSR count). The van der Waals surface area contributed by atoms with Crippen LogP contribution in [-0.2, 0) is 11.8 Å². The first-order chi connectivity index (χ1) is 11.0. The van der Waals surface area contributed by atoms with E-state index in [1.54, 1.807) is 4.68 Å². The van der Waals surface area contributed by atoms with Crippen molar-refractivity contribution in [2.45, 2.75) is 38.5 Å². The van der Waals surface area contributed by atoms with Crippen molar-refractivity contribution in [3.8, 4) is 0 Å². The number of hydrogen-bond acceptors (Lipinski definition) is 5. The average Bonchev–Trinajstić information content (AvgIpc) is 2.87. The number of nitrogen functional groups attached to an aromatic ring is 1. The molecule has 0 bridgehead atoms. The van der Waals surface area contributed by atoms with E-state index in [0.29, 0.717) is 24.3 Å². The molecule has 0 unspecified atom stereocenters. The van der Waals surface area contributed by atoms with E-state index in [1.165, 1.54) is 6.42 Å². The minimum Gasteiger partial charge on any atom is -0.368 e. The number of likely N-dealkylation sites (tertiary alicyclic amines) is 2. The molecule has 0 aliphatic carbocycles. The summed E-state index contributed by atoms with van der Waals surface area (Å²) < 4.78 is 1.63. The predicted octanol–water partition coefficient (Wildman–Crippen LogP) is 0.835. The summed E-state index contributed by atoms with van der Waals surface area (Å²) in [4.78, 5) is 21.1. The molecule has 128 valence electrons. The van der Waals surface area contributed by atoms with Gasteiger partial charge in [-0.2, -0.15) is 10.1 Å². The zero-order valence-electron chi connectivity index (χ0n) is 14.2. The molecule has 3 heterocycles. The maximum Gasteiger partial charge on any atom is 0.236 e. The summed E-state index contributed by atoms with van der Waals surface area (Å²) in [6.45, 7) is 6.49. The first kappa shape index (κ1) is 16.2. The Morgan fingerprint density at radius 2 is 2.00 bits per heavy atom. The third kappa shape index (κ3) is 3.83. The highest BCUT2D eigenvalue weighted by Gasteiger charge is 2.27. The van der Waals surface area contributed by atoms with Crippen molar-refractivity contribution >= 4 is 11.9 Å². The fraction of sp³-hybridized carbons (Fsp3) is 0.812. The van der Waals surface area contributed by atoms with Gasteiger partial charge < -0.3 is 10.6 Å². The van der Waals surface area contributed by atoms with Gasteiger partial charge in [0.1, 0.15) is 0 Å². The van der Waals surface area contributed by atoms with Crippen LogP contribution in [0.3, 0.4) is 0 Å². The maximum absolute atomic E-state index is 12.5. The molecule has 2 fully saturated rings. The van der Waals surface area contributed by atoms with Gasteiger partial charge in [0.2, 0.25) is 11.9 Å². The predicted molar refractivity (Wildman–Crippen MR) is 88.8 cm³/mol. The van der Waals surface area contributed by atoms with Gasteiger partial charge in [-0.15, -0.1) is 0 Å². The van der Waals surface area contributed by atoms with Crippen molar-refractivity contribution in [2.24, 2.45) is 13.0 Å². The third-order valence-electron chi connectivity index (χ3n) is 5.13. The Bertz CT molecular complexity index is 529.